The van der Waals surface area contributed by atoms with Crippen molar-refractivity contribution in [2.75, 3.05) is 25.1 Å². The fourth-order valence-electron chi connectivity index (χ4n) is 2.28. The molecule has 0 saturated carbocycles. The minimum atomic E-state index is -0.915. The monoisotopic (exact) mass is 278 g/mol. The lowest BCUT2D eigenvalue weighted by molar-refractivity contribution is 0.0696. The van der Waals surface area contributed by atoms with Gasteiger partial charge in [0.05, 0.1) is 5.56 Å². The number of carbonyl (C=O) groups is 1. The lowest BCUT2D eigenvalue weighted by atomic mass is 10.1. The highest BCUT2D eigenvalue weighted by molar-refractivity contribution is 5.88. The van der Waals surface area contributed by atoms with Gasteiger partial charge in [0, 0.05) is 25.5 Å². The zero-order chi connectivity index (χ0) is 14.5. The van der Waals surface area contributed by atoms with Gasteiger partial charge < -0.3 is 15.2 Å². The first-order chi connectivity index (χ1) is 9.56. The lowest BCUT2D eigenvalue weighted by Crippen LogP contribution is -2.12. The molecule has 0 amide bonds. The molecular formula is C15H22N2O3. The van der Waals surface area contributed by atoms with Gasteiger partial charge in [0.2, 0.25) is 0 Å². The predicted octanol–water partition coefficient (Wildman–Crippen LogP) is 2.74. The Bertz CT molecular complexity index is 468. The molecular weight excluding hydrogens is 256 g/mol. The molecule has 1 aliphatic heterocycles. The number of ether oxygens (including phenoxy) is 1. The van der Waals surface area contributed by atoms with E-state index in [-0.39, 0.29) is 11.5 Å². The third kappa shape index (κ3) is 3.93. The van der Waals surface area contributed by atoms with Crippen LogP contribution in [0.2, 0.25) is 0 Å². The van der Waals surface area contributed by atoms with Crippen LogP contribution in [-0.2, 0) is 4.74 Å². The van der Waals surface area contributed by atoms with Gasteiger partial charge in [-0.25, -0.2) is 9.78 Å². The number of aromatic carboxylic acids is 1. The number of hydrogen-bond donors (Lipinski definition) is 2. The maximum atomic E-state index is 11.1. The SMILES string of the molecule is CC(C)c1cc(C(=O)O)cc(NCCC2CCOC2)n1. The molecule has 1 unspecified atom stereocenters. The second kappa shape index (κ2) is 6.70. The number of nitrogens with zero attached hydrogens (tertiary/aromatic N) is 1. The molecule has 1 aliphatic rings. The Balaban J connectivity index is 2.00. The molecule has 5 nitrogen and oxygen atoms in total. The van der Waals surface area contributed by atoms with Gasteiger partial charge in [-0.1, -0.05) is 13.8 Å². The van der Waals surface area contributed by atoms with Crippen LogP contribution in [0.1, 0.15) is 48.7 Å². The summed E-state index contributed by atoms with van der Waals surface area (Å²) < 4.78 is 5.34. The van der Waals surface area contributed by atoms with E-state index in [9.17, 15) is 4.79 Å². The van der Waals surface area contributed by atoms with E-state index in [0.717, 1.165) is 38.3 Å². The van der Waals surface area contributed by atoms with E-state index in [1.165, 1.54) is 0 Å². The second-order valence-corrected chi connectivity index (χ2v) is 5.57. The van der Waals surface area contributed by atoms with Crippen molar-refractivity contribution in [3.63, 3.8) is 0 Å². The number of carboxylic acid groups (broad SMARTS) is 1. The molecule has 0 radical (unpaired) electrons. The Hall–Kier alpha value is -1.62. The van der Waals surface area contributed by atoms with E-state index in [4.69, 9.17) is 9.84 Å². The van der Waals surface area contributed by atoms with E-state index in [1.54, 1.807) is 12.1 Å². The number of nitrogens with one attached hydrogen (secondary N) is 1. The van der Waals surface area contributed by atoms with E-state index in [2.05, 4.69) is 10.3 Å². The maximum absolute atomic E-state index is 11.1. The first kappa shape index (κ1) is 14.8. The topological polar surface area (TPSA) is 71.5 Å². The summed E-state index contributed by atoms with van der Waals surface area (Å²) >= 11 is 0. The van der Waals surface area contributed by atoms with Crippen molar-refractivity contribution in [1.29, 1.82) is 0 Å². The predicted molar refractivity (Wildman–Crippen MR) is 77.3 cm³/mol. The molecule has 0 spiro atoms. The molecule has 20 heavy (non-hydrogen) atoms. The number of anilines is 1. The highest BCUT2D eigenvalue weighted by Crippen LogP contribution is 2.19. The van der Waals surface area contributed by atoms with Crippen molar-refractivity contribution in [2.45, 2.75) is 32.6 Å². The molecule has 110 valence electrons. The first-order valence-corrected chi connectivity index (χ1v) is 7.13. The zero-order valence-corrected chi connectivity index (χ0v) is 12.1. The normalized spacial score (nSPS) is 18.4. The first-order valence-electron chi connectivity index (χ1n) is 7.13. The molecule has 1 aromatic rings. The second-order valence-electron chi connectivity index (χ2n) is 5.57. The highest BCUT2D eigenvalue weighted by Gasteiger charge is 2.15. The molecule has 0 bridgehead atoms. The van der Waals surface area contributed by atoms with E-state index in [0.29, 0.717) is 11.7 Å². The van der Waals surface area contributed by atoms with Gasteiger partial charge in [-0.05, 0) is 36.8 Å². The fraction of sp³-hybridized carbons (Fsp3) is 0.600. The highest BCUT2D eigenvalue weighted by atomic mass is 16.5. The van der Waals surface area contributed by atoms with Gasteiger partial charge in [-0.3, -0.25) is 0 Å². The molecule has 1 saturated heterocycles. The Labute approximate surface area is 119 Å². The molecule has 1 atom stereocenters. The average molecular weight is 278 g/mol. The summed E-state index contributed by atoms with van der Waals surface area (Å²) in [4.78, 5) is 15.6. The number of hydrogen-bond acceptors (Lipinski definition) is 4. The van der Waals surface area contributed by atoms with Crippen LogP contribution in [0.15, 0.2) is 12.1 Å². The minimum absolute atomic E-state index is 0.207. The number of rotatable bonds is 6. The van der Waals surface area contributed by atoms with Crippen LogP contribution >= 0.6 is 0 Å². The van der Waals surface area contributed by atoms with E-state index >= 15 is 0 Å². The Morgan fingerprint density at radius 3 is 2.95 bits per heavy atom. The van der Waals surface area contributed by atoms with Crippen molar-refractivity contribution < 1.29 is 14.6 Å². The number of aromatic nitrogens is 1. The Morgan fingerprint density at radius 2 is 2.35 bits per heavy atom. The maximum Gasteiger partial charge on any atom is 0.335 e. The van der Waals surface area contributed by atoms with Gasteiger partial charge in [0.15, 0.2) is 0 Å². The molecule has 0 aliphatic carbocycles. The molecule has 0 aromatic carbocycles. The van der Waals surface area contributed by atoms with Gasteiger partial charge in [0.25, 0.3) is 0 Å². The van der Waals surface area contributed by atoms with Crippen LogP contribution in [0.25, 0.3) is 0 Å². The molecule has 5 heteroatoms. The minimum Gasteiger partial charge on any atom is -0.478 e. The van der Waals surface area contributed by atoms with Gasteiger partial charge in [-0.2, -0.15) is 0 Å². The van der Waals surface area contributed by atoms with Crippen molar-refractivity contribution in [2.24, 2.45) is 5.92 Å². The summed E-state index contributed by atoms with van der Waals surface area (Å²) in [6.07, 6.45) is 2.14. The summed E-state index contributed by atoms with van der Waals surface area (Å²) in [5.41, 5.74) is 1.09. The van der Waals surface area contributed by atoms with Crippen LogP contribution in [0.5, 0.6) is 0 Å². The molecule has 2 rings (SSSR count). The zero-order valence-electron chi connectivity index (χ0n) is 12.1. The Morgan fingerprint density at radius 1 is 1.55 bits per heavy atom. The van der Waals surface area contributed by atoms with Gasteiger partial charge in [0.1, 0.15) is 5.82 Å². The molecule has 1 aromatic heterocycles. The van der Waals surface area contributed by atoms with Crippen molar-refractivity contribution >= 4 is 11.8 Å². The van der Waals surface area contributed by atoms with Crippen molar-refractivity contribution in [1.82, 2.24) is 4.98 Å². The van der Waals surface area contributed by atoms with Crippen LogP contribution in [0.3, 0.4) is 0 Å². The summed E-state index contributed by atoms with van der Waals surface area (Å²) in [6, 6.07) is 3.24. The van der Waals surface area contributed by atoms with Crippen LogP contribution < -0.4 is 5.32 Å². The third-order valence-corrected chi connectivity index (χ3v) is 3.57. The summed E-state index contributed by atoms with van der Waals surface area (Å²) in [5.74, 6) is 0.543. The quantitative estimate of drug-likeness (QED) is 0.837. The Kier molecular flexibility index (Phi) is 4.95. The summed E-state index contributed by atoms with van der Waals surface area (Å²) in [6.45, 7) is 6.50. The van der Waals surface area contributed by atoms with E-state index in [1.807, 2.05) is 13.8 Å². The van der Waals surface area contributed by atoms with E-state index < -0.39 is 5.97 Å². The third-order valence-electron chi connectivity index (χ3n) is 3.57. The van der Waals surface area contributed by atoms with Crippen molar-refractivity contribution in [3.05, 3.63) is 23.4 Å². The molecule has 1 fully saturated rings. The fourth-order valence-corrected chi connectivity index (χ4v) is 2.28. The largest absolute Gasteiger partial charge is 0.478 e. The van der Waals surface area contributed by atoms with Crippen LogP contribution in [-0.4, -0.2) is 35.8 Å². The molecule has 2 heterocycles. The van der Waals surface area contributed by atoms with Gasteiger partial charge >= 0.3 is 5.97 Å². The summed E-state index contributed by atoms with van der Waals surface area (Å²) in [7, 11) is 0. The average Bonchev–Trinajstić information content (AvgIpc) is 2.91. The molecule has 2 N–H and O–H groups in total. The lowest BCUT2D eigenvalue weighted by Gasteiger charge is -2.12. The number of pyridine rings is 1. The smallest absolute Gasteiger partial charge is 0.335 e. The summed E-state index contributed by atoms with van der Waals surface area (Å²) in [5, 5.41) is 12.4. The van der Waals surface area contributed by atoms with Crippen LogP contribution in [0, 0.1) is 5.92 Å². The van der Waals surface area contributed by atoms with Gasteiger partial charge in [-0.15, -0.1) is 0 Å². The van der Waals surface area contributed by atoms with Crippen molar-refractivity contribution in [3.8, 4) is 0 Å². The number of carboxylic acids is 1. The van der Waals surface area contributed by atoms with Crippen LogP contribution in [0.4, 0.5) is 5.82 Å². The standard InChI is InChI=1S/C15H22N2O3/c1-10(2)13-7-12(15(18)19)8-14(17-13)16-5-3-11-4-6-20-9-11/h7-8,10-11H,3-6,9H2,1-2H3,(H,16,17)(H,18,19).